The summed E-state index contributed by atoms with van der Waals surface area (Å²) < 4.78 is 5.12. The molecule has 0 spiro atoms. The van der Waals surface area contributed by atoms with E-state index in [9.17, 15) is 4.79 Å². The van der Waals surface area contributed by atoms with Crippen LogP contribution in [-0.2, 0) is 16.1 Å². The Hall–Kier alpha value is -1.39. The van der Waals surface area contributed by atoms with Crippen molar-refractivity contribution in [3.05, 3.63) is 35.9 Å². The molecule has 0 bridgehead atoms. The van der Waals surface area contributed by atoms with E-state index in [-0.39, 0.29) is 0 Å². The number of carbonyl (C=O) groups is 1. The van der Waals surface area contributed by atoms with Crippen LogP contribution in [-0.4, -0.2) is 44.2 Å². The Kier molecular flexibility index (Phi) is 8.85. The summed E-state index contributed by atoms with van der Waals surface area (Å²) in [6.45, 7) is 4.51. The molecule has 1 heterocycles. The van der Waals surface area contributed by atoms with Crippen LogP contribution in [0.2, 0.25) is 0 Å². The van der Waals surface area contributed by atoms with Gasteiger partial charge in [-0.25, -0.2) is 0 Å². The van der Waals surface area contributed by atoms with Gasteiger partial charge in [0.25, 0.3) is 0 Å². The molecule has 0 aliphatic carbocycles. The number of carbonyl (C=O) groups excluding carboxylic acids is 1. The molecule has 4 nitrogen and oxygen atoms in total. The summed E-state index contributed by atoms with van der Waals surface area (Å²) >= 11 is 0. The minimum absolute atomic E-state index is 0.301. The number of benzene rings is 1. The summed E-state index contributed by atoms with van der Waals surface area (Å²) in [5.74, 6) is 1.01. The van der Waals surface area contributed by atoms with Gasteiger partial charge in [0, 0.05) is 33.2 Å². The largest absolute Gasteiger partial charge is 0.385 e. The highest BCUT2D eigenvalue weighted by molar-refractivity contribution is 5.76. The number of nitrogens with zero attached hydrogens (tertiary/aromatic N) is 1. The summed E-state index contributed by atoms with van der Waals surface area (Å²) in [6.07, 6.45) is 6.13. The Morgan fingerprint density at radius 2 is 1.96 bits per heavy atom. The molecule has 24 heavy (non-hydrogen) atoms. The van der Waals surface area contributed by atoms with E-state index < -0.39 is 0 Å². The Bertz CT molecular complexity index is 458. The van der Waals surface area contributed by atoms with E-state index in [0.29, 0.717) is 18.2 Å². The fraction of sp³-hybridized carbons (Fsp3) is 0.650. The van der Waals surface area contributed by atoms with Crippen LogP contribution in [0.15, 0.2) is 30.3 Å². The Morgan fingerprint density at radius 1 is 1.21 bits per heavy atom. The topological polar surface area (TPSA) is 41.6 Å². The molecule has 1 N–H and O–H groups in total. The van der Waals surface area contributed by atoms with Gasteiger partial charge < -0.3 is 15.0 Å². The summed E-state index contributed by atoms with van der Waals surface area (Å²) in [5.41, 5.74) is 1.21. The van der Waals surface area contributed by atoms with Crippen LogP contribution in [0.3, 0.4) is 0 Å². The molecule has 1 aliphatic heterocycles. The van der Waals surface area contributed by atoms with Gasteiger partial charge >= 0.3 is 0 Å². The second kappa shape index (κ2) is 11.2. The van der Waals surface area contributed by atoms with Crippen LogP contribution in [0.5, 0.6) is 0 Å². The van der Waals surface area contributed by atoms with Crippen molar-refractivity contribution in [1.82, 2.24) is 10.2 Å². The van der Waals surface area contributed by atoms with Crippen LogP contribution in [0.1, 0.15) is 44.1 Å². The van der Waals surface area contributed by atoms with Gasteiger partial charge in [0.1, 0.15) is 0 Å². The average molecular weight is 332 g/mol. The molecule has 0 unspecified atom stereocenters. The molecule has 1 aromatic rings. The smallest absolute Gasteiger partial charge is 0.222 e. The van der Waals surface area contributed by atoms with E-state index in [0.717, 1.165) is 52.0 Å². The standard InChI is InChI=1S/C20H32N2O2/c1-24-16-6-5-15-22(17-19-7-3-2-4-8-19)20(23)10-9-18-11-13-21-14-12-18/h2-4,7-8,18,21H,5-6,9-17H2,1H3. The summed E-state index contributed by atoms with van der Waals surface area (Å²) in [7, 11) is 1.73. The molecule has 1 aromatic carbocycles. The molecule has 4 heteroatoms. The highest BCUT2D eigenvalue weighted by atomic mass is 16.5. The van der Waals surface area contributed by atoms with Gasteiger partial charge in [-0.05, 0) is 56.7 Å². The van der Waals surface area contributed by atoms with Crippen LogP contribution in [0.4, 0.5) is 0 Å². The van der Waals surface area contributed by atoms with E-state index in [4.69, 9.17) is 4.74 Å². The van der Waals surface area contributed by atoms with Crippen molar-refractivity contribution >= 4 is 5.91 Å². The highest BCUT2D eigenvalue weighted by Gasteiger charge is 2.18. The number of amides is 1. The predicted octanol–water partition coefficient (Wildman–Crippen LogP) is 3.22. The first kappa shape index (κ1) is 18.9. The lowest BCUT2D eigenvalue weighted by molar-refractivity contribution is -0.132. The SMILES string of the molecule is COCCCCN(Cc1ccccc1)C(=O)CCC1CCNCC1. The van der Waals surface area contributed by atoms with Crippen LogP contribution in [0, 0.1) is 5.92 Å². The first-order chi connectivity index (χ1) is 11.8. The zero-order valence-electron chi connectivity index (χ0n) is 15.0. The Balaban J connectivity index is 1.83. The van der Waals surface area contributed by atoms with Gasteiger partial charge in [-0.2, -0.15) is 0 Å². The lowest BCUT2D eigenvalue weighted by Gasteiger charge is -2.26. The van der Waals surface area contributed by atoms with Crippen molar-refractivity contribution in [2.75, 3.05) is 33.4 Å². The molecule has 2 rings (SSSR count). The number of rotatable bonds is 10. The molecule has 0 saturated carbocycles. The van der Waals surface area contributed by atoms with Gasteiger partial charge in [0.15, 0.2) is 0 Å². The van der Waals surface area contributed by atoms with Gasteiger partial charge in [0.05, 0.1) is 0 Å². The van der Waals surface area contributed by atoms with Crippen LogP contribution in [0.25, 0.3) is 0 Å². The molecule has 0 atom stereocenters. The molecule has 1 saturated heterocycles. The predicted molar refractivity (Wildman–Crippen MR) is 97.8 cm³/mol. The van der Waals surface area contributed by atoms with E-state index in [1.165, 1.54) is 18.4 Å². The van der Waals surface area contributed by atoms with Gasteiger partial charge in [0.2, 0.25) is 5.91 Å². The number of unbranched alkanes of at least 4 members (excludes halogenated alkanes) is 1. The molecule has 0 aromatic heterocycles. The fourth-order valence-electron chi connectivity index (χ4n) is 3.30. The van der Waals surface area contributed by atoms with Crippen molar-refractivity contribution in [2.24, 2.45) is 5.92 Å². The molecule has 1 fully saturated rings. The first-order valence-electron chi connectivity index (χ1n) is 9.31. The summed E-state index contributed by atoms with van der Waals surface area (Å²) in [4.78, 5) is 14.8. The van der Waals surface area contributed by atoms with Crippen molar-refractivity contribution in [1.29, 1.82) is 0 Å². The number of piperidine rings is 1. The molecule has 0 radical (unpaired) electrons. The minimum atomic E-state index is 0.301. The average Bonchev–Trinajstić information content (AvgIpc) is 2.64. The van der Waals surface area contributed by atoms with E-state index in [2.05, 4.69) is 17.4 Å². The third-order valence-corrected chi connectivity index (χ3v) is 4.82. The fourth-order valence-corrected chi connectivity index (χ4v) is 3.30. The monoisotopic (exact) mass is 332 g/mol. The molecule has 1 amide bonds. The van der Waals surface area contributed by atoms with E-state index in [1.54, 1.807) is 7.11 Å². The summed E-state index contributed by atoms with van der Waals surface area (Å²) in [5, 5.41) is 3.39. The lowest BCUT2D eigenvalue weighted by Crippen LogP contribution is -2.33. The van der Waals surface area contributed by atoms with E-state index in [1.807, 2.05) is 23.1 Å². The normalized spacial score (nSPS) is 15.4. The second-order valence-electron chi connectivity index (χ2n) is 6.73. The van der Waals surface area contributed by atoms with Crippen LogP contribution < -0.4 is 5.32 Å². The molecule has 1 aliphatic rings. The second-order valence-corrected chi connectivity index (χ2v) is 6.73. The number of nitrogens with one attached hydrogen (secondary N) is 1. The minimum Gasteiger partial charge on any atom is -0.385 e. The lowest BCUT2D eigenvalue weighted by atomic mass is 9.93. The summed E-state index contributed by atoms with van der Waals surface area (Å²) in [6, 6.07) is 10.3. The molecule has 134 valence electrons. The first-order valence-corrected chi connectivity index (χ1v) is 9.31. The van der Waals surface area contributed by atoms with Crippen molar-refractivity contribution in [3.8, 4) is 0 Å². The maximum atomic E-state index is 12.7. The van der Waals surface area contributed by atoms with Crippen molar-refractivity contribution < 1.29 is 9.53 Å². The number of ether oxygens (including phenoxy) is 1. The van der Waals surface area contributed by atoms with Gasteiger partial charge in [-0.1, -0.05) is 30.3 Å². The van der Waals surface area contributed by atoms with Crippen molar-refractivity contribution in [2.45, 2.75) is 45.1 Å². The Morgan fingerprint density at radius 3 is 2.67 bits per heavy atom. The third-order valence-electron chi connectivity index (χ3n) is 4.82. The number of hydrogen-bond donors (Lipinski definition) is 1. The van der Waals surface area contributed by atoms with Gasteiger partial charge in [-0.15, -0.1) is 0 Å². The highest BCUT2D eigenvalue weighted by Crippen LogP contribution is 2.19. The molecular formula is C20H32N2O2. The molecular weight excluding hydrogens is 300 g/mol. The number of methoxy groups -OCH3 is 1. The van der Waals surface area contributed by atoms with Gasteiger partial charge in [-0.3, -0.25) is 4.79 Å². The zero-order chi connectivity index (χ0) is 17.0. The maximum Gasteiger partial charge on any atom is 0.222 e. The Labute approximate surface area is 146 Å². The quantitative estimate of drug-likeness (QED) is 0.669. The van der Waals surface area contributed by atoms with Crippen molar-refractivity contribution in [3.63, 3.8) is 0 Å². The zero-order valence-corrected chi connectivity index (χ0v) is 15.0. The van der Waals surface area contributed by atoms with E-state index >= 15 is 0 Å². The maximum absolute atomic E-state index is 12.7. The number of hydrogen-bond acceptors (Lipinski definition) is 3. The third kappa shape index (κ3) is 7.02. The van der Waals surface area contributed by atoms with Crippen LogP contribution >= 0.6 is 0 Å².